The van der Waals surface area contributed by atoms with E-state index in [1.165, 1.54) is 6.33 Å². The number of carbonyl (C=O) groups excluding carboxylic acids is 2. The Bertz CT molecular complexity index is 815. The second-order valence-electron chi connectivity index (χ2n) is 5.78. The van der Waals surface area contributed by atoms with Crippen molar-refractivity contribution < 1.29 is 14.3 Å². The molecule has 0 bridgehead atoms. The van der Waals surface area contributed by atoms with E-state index in [0.717, 1.165) is 11.4 Å². The molecule has 2 aromatic rings. The van der Waals surface area contributed by atoms with Crippen molar-refractivity contribution in [1.82, 2.24) is 14.8 Å². The van der Waals surface area contributed by atoms with E-state index in [-0.39, 0.29) is 24.2 Å². The van der Waals surface area contributed by atoms with Crippen LogP contribution >= 0.6 is 0 Å². The Hall–Kier alpha value is -2.90. The maximum atomic E-state index is 12.2. The van der Waals surface area contributed by atoms with Gasteiger partial charge in [0.1, 0.15) is 17.9 Å². The van der Waals surface area contributed by atoms with E-state index in [9.17, 15) is 9.59 Å². The summed E-state index contributed by atoms with van der Waals surface area (Å²) < 4.78 is 7.22. The molecule has 1 atom stereocenters. The Labute approximate surface area is 145 Å². The number of ether oxygens (including phenoxy) is 1. The molecule has 1 aromatic heterocycles. The molecule has 0 unspecified atom stereocenters. The molecule has 1 aromatic carbocycles. The topological polar surface area (TPSA) is 98.1 Å². The Morgan fingerprint density at radius 3 is 2.92 bits per heavy atom. The van der Waals surface area contributed by atoms with E-state index in [1.807, 2.05) is 13.0 Å². The molecule has 0 aliphatic carbocycles. The van der Waals surface area contributed by atoms with Gasteiger partial charge in [-0.05, 0) is 24.6 Å². The van der Waals surface area contributed by atoms with Gasteiger partial charge in [-0.3, -0.25) is 9.59 Å². The van der Waals surface area contributed by atoms with Crippen molar-refractivity contribution >= 4 is 23.2 Å². The largest absolute Gasteiger partial charge is 0.495 e. The lowest BCUT2D eigenvalue weighted by Crippen LogP contribution is -2.26. The molecule has 2 amide bonds. The maximum Gasteiger partial charge on any atom is 0.225 e. The summed E-state index contributed by atoms with van der Waals surface area (Å²) in [6, 6.07) is 3.58. The summed E-state index contributed by atoms with van der Waals surface area (Å²) in [5.74, 6) is 0.857. The first-order valence-corrected chi connectivity index (χ1v) is 8.26. The van der Waals surface area contributed by atoms with E-state index in [0.29, 0.717) is 30.1 Å². The van der Waals surface area contributed by atoms with E-state index in [1.54, 1.807) is 24.8 Å². The molecule has 2 N–H and O–H groups in total. The number of aromatic nitrogens is 3. The summed E-state index contributed by atoms with van der Waals surface area (Å²) in [6.07, 6.45) is 2.14. The molecular formula is C17H21N5O3. The Morgan fingerprint density at radius 1 is 1.44 bits per heavy atom. The number of carbonyl (C=O) groups is 2. The summed E-state index contributed by atoms with van der Waals surface area (Å²) in [6.45, 7) is 4.42. The highest BCUT2D eigenvalue weighted by atomic mass is 16.5. The molecule has 0 saturated heterocycles. The lowest BCUT2D eigenvalue weighted by Gasteiger charge is -2.27. The van der Waals surface area contributed by atoms with Gasteiger partial charge in [0.25, 0.3) is 0 Å². The highest BCUT2D eigenvalue weighted by molar-refractivity contribution is 5.98. The predicted molar refractivity (Wildman–Crippen MR) is 92.7 cm³/mol. The summed E-state index contributed by atoms with van der Waals surface area (Å²) in [4.78, 5) is 28.3. The molecule has 0 saturated carbocycles. The number of hydrogen-bond donors (Lipinski definition) is 2. The van der Waals surface area contributed by atoms with Crippen LogP contribution in [0.25, 0.3) is 0 Å². The molecule has 0 spiro atoms. The quantitative estimate of drug-likeness (QED) is 0.866. The van der Waals surface area contributed by atoms with Crippen molar-refractivity contribution in [3.8, 4) is 5.75 Å². The molecular weight excluding hydrogens is 322 g/mol. The van der Waals surface area contributed by atoms with Crippen LogP contribution < -0.4 is 15.4 Å². The molecule has 8 heteroatoms. The SMILES string of the molecule is CCC(=O)Nc1cc2c(cc1OC)[C@@H](c1ncnn1CC)CC(=O)N2. The van der Waals surface area contributed by atoms with Gasteiger partial charge in [-0.2, -0.15) is 5.10 Å². The van der Waals surface area contributed by atoms with Crippen LogP contribution in [-0.2, 0) is 16.1 Å². The first-order valence-electron chi connectivity index (χ1n) is 8.26. The molecule has 1 aliphatic rings. The van der Waals surface area contributed by atoms with Crippen LogP contribution in [0.15, 0.2) is 18.5 Å². The van der Waals surface area contributed by atoms with Gasteiger partial charge in [0, 0.05) is 25.1 Å². The molecule has 2 heterocycles. The monoisotopic (exact) mass is 343 g/mol. The summed E-state index contributed by atoms with van der Waals surface area (Å²) in [7, 11) is 1.55. The first-order chi connectivity index (χ1) is 12.1. The van der Waals surface area contributed by atoms with Crippen LogP contribution in [0.5, 0.6) is 5.75 Å². The highest BCUT2D eigenvalue weighted by Gasteiger charge is 2.31. The molecule has 3 rings (SSSR count). The van der Waals surface area contributed by atoms with Crippen molar-refractivity contribution in [2.45, 2.75) is 39.2 Å². The van der Waals surface area contributed by atoms with E-state index < -0.39 is 0 Å². The van der Waals surface area contributed by atoms with Crippen molar-refractivity contribution in [2.24, 2.45) is 0 Å². The third-order valence-corrected chi connectivity index (χ3v) is 4.26. The van der Waals surface area contributed by atoms with Crippen LogP contribution in [0.2, 0.25) is 0 Å². The number of methoxy groups -OCH3 is 1. The molecule has 1 aliphatic heterocycles. The highest BCUT2D eigenvalue weighted by Crippen LogP contribution is 2.41. The number of benzene rings is 1. The fraction of sp³-hybridized carbons (Fsp3) is 0.412. The van der Waals surface area contributed by atoms with Crippen molar-refractivity contribution in [1.29, 1.82) is 0 Å². The van der Waals surface area contributed by atoms with Crippen molar-refractivity contribution in [2.75, 3.05) is 17.7 Å². The number of nitrogens with zero attached hydrogens (tertiary/aromatic N) is 3. The molecule has 8 nitrogen and oxygen atoms in total. The number of rotatable bonds is 5. The minimum Gasteiger partial charge on any atom is -0.495 e. The summed E-state index contributed by atoms with van der Waals surface area (Å²) >= 11 is 0. The van der Waals surface area contributed by atoms with Gasteiger partial charge in [0.15, 0.2) is 0 Å². The molecule has 25 heavy (non-hydrogen) atoms. The van der Waals surface area contributed by atoms with E-state index in [2.05, 4.69) is 20.7 Å². The predicted octanol–water partition coefficient (Wildman–Crippen LogP) is 2.13. The van der Waals surface area contributed by atoms with Crippen LogP contribution in [0.3, 0.4) is 0 Å². The lowest BCUT2D eigenvalue weighted by molar-refractivity contribution is -0.117. The first kappa shape index (κ1) is 16.9. The van der Waals surface area contributed by atoms with Gasteiger partial charge < -0.3 is 15.4 Å². The van der Waals surface area contributed by atoms with E-state index in [4.69, 9.17) is 4.74 Å². The normalized spacial score (nSPS) is 16.1. The lowest BCUT2D eigenvalue weighted by atomic mass is 9.89. The average molecular weight is 343 g/mol. The number of anilines is 2. The van der Waals surface area contributed by atoms with Gasteiger partial charge in [-0.25, -0.2) is 9.67 Å². The van der Waals surface area contributed by atoms with Gasteiger partial charge >= 0.3 is 0 Å². The summed E-state index contributed by atoms with van der Waals surface area (Å²) in [5.41, 5.74) is 2.08. The fourth-order valence-corrected chi connectivity index (χ4v) is 3.01. The van der Waals surface area contributed by atoms with E-state index >= 15 is 0 Å². The van der Waals surface area contributed by atoms with Gasteiger partial charge in [0.2, 0.25) is 11.8 Å². The van der Waals surface area contributed by atoms with Crippen molar-refractivity contribution in [3.05, 3.63) is 29.8 Å². The standard InChI is InChI=1S/C17H21N5O3/c1-4-15(23)21-13-8-12-10(6-14(13)25-3)11(7-16(24)20-12)17-18-9-19-22(17)5-2/h6,8-9,11H,4-5,7H2,1-3H3,(H,20,24)(H,21,23)/t11-/m0/s1. The Balaban J connectivity index is 2.08. The Kier molecular flexibility index (Phi) is 4.69. The molecule has 0 radical (unpaired) electrons. The number of nitrogens with one attached hydrogen (secondary N) is 2. The van der Waals surface area contributed by atoms with Crippen LogP contribution in [0, 0.1) is 0 Å². The molecule has 132 valence electrons. The van der Waals surface area contributed by atoms with Gasteiger partial charge in [-0.1, -0.05) is 6.92 Å². The second kappa shape index (κ2) is 6.92. The van der Waals surface area contributed by atoms with Crippen LogP contribution in [-0.4, -0.2) is 33.7 Å². The zero-order chi connectivity index (χ0) is 18.0. The van der Waals surface area contributed by atoms with Crippen molar-refractivity contribution in [3.63, 3.8) is 0 Å². The van der Waals surface area contributed by atoms with Gasteiger partial charge in [0.05, 0.1) is 18.7 Å². The van der Waals surface area contributed by atoms with Gasteiger partial charge in [-0.15, -0.1) is 0 Å². The third kappa shape index (κ3) is 3.19. The average Bonchev–Trinajstić information content (AvgIpc) is 3.08. The van der Waals surface area contributed by atoms with Crippen LogP contribution in [0.1, 0.15) is 44.0 Å². The minimum absolute atomic E-state index is 0.0962. The zero-order valence-corrected chi connectivity index (χ0v) is 14.5. The Morgan fingerprint density at radius 2 is 2.24 bits per heavy atom. The number of hydrogen-bond acceptors (Lipinski definition) is 5. The second-order valence-corrected chi connectivity index (χ2v) is 5.78. The fourth-order valence-electron chi connectivity index (χ4n) is 3.01. The minimum atomic E-state index is -0.212. The number of fused-ring (bicyclic) bond motifs is 1. The van der Waals surface area contributed by atoms with Crippen LogP contribution in [0.4, 0.5) is 11.4 Å². The molecule has 0 fully saturated rings. The third-order valence-electron chi connectivity index (χ3n) is 4.26. The number of amides is 2. The summed E-state index contributed by atoms with van der Waals surface area (Å²) in [5, 5.41) is 9.87. The number of aryl methyl sites for hydroxylation is 1. The maximum absolute atomic E-state index is 12.2. The smallest absolute Gasteiger partial charge is 0.225 e. The zero-order valence-electron chi connectivity index (χ0n) is 14.5.